The van der Waals surface area contributed by atoms with Gasteiger partial charge in [0, 0.05) is 0 Å². The van der Waals surface area contributed by atoms with Gasteiger partial charge in [-0.3, -0.25) is 0 Å². The van der Waals surface area contributed by atoms with Crippen LogP contribution >= 0.6 is 0 Å². The zero-order valence-corrected chi connectivity index (χ0v) is 8.33. The summed E-state index contributed by atoms with van der Waals surface area (Å²) >= 11 is 0. The molecule has 0 N–H and O–H groups in total. The normalized spacial score (nSPS) is 13.1. The summed E-state index contributed by atoms with van der Waals surface area (Å²) in [6.45, 7) is 0. The van der Waals surface area contributed by atoms with Crippen LogP contribution in [-0.4, -0.2) is 0 Å². The smallest absolute Gasteiger partial charge is 0.123 e. The zero-order valence-electron chi connectivity index (χ0n) is 8.33. The van der Waals surface area contributed by atoms with E-state index in [1.165, 1.54) is 16.7 Å². The molecule has 74 valence electrons. The van der Waals surface area contributed by atoms with Crippen LogP contribution in [0.2, 0.25) is 0 Å². The van der Waals surface area contributed by atoms with Crippen LogP contribution in [0, 0.1) is 5.82 Å². The Morgan fingerprint density at radius 3 is 2.07 bits per heavy atom. The molecule has 0 radical (unpaired) electrons. The average Bonchev–Trinajstić information content (AvgIpc) is 2.26. The number of benzene rings is 2. The van der Waals surface area contributed by atoms with Gasteiger partial charge in [-0.15, -0.1) is 0 Å². The maximum absolute atomic E-state index is 13.1. The minimum absolute atomic E-state index is 0.131. The van der Waals surface area contributed by atoms with Gasteiger partial charge >= 0.3 is 0 Å². The van der Waals surface area contributed by atoms with Gasteiger partial charge in [0.2, 0.25) is 0 Å². The van der Waals surface area contributed by atoms with Crippen LogP contribution in [0.5, 0.6) is 0 Å². The van der Waals surface area contributed by atoms with Crippen LogP contribution < -0.4 is 0 Å². The fraction of sp³-hybridized carbons (Fsp3) is 0.143. The van der Waals surface area contributed by atoms with E-state index < -0.39 is 0 Å². The van der Waals surface area contributed by atoms with E-state index in [0.717, 1.165) is 18.4 Å². The van der Waals surface area contributed by atoms with Gasteiger partial charge in [-0.1, -0.05) is 30.3 Å². The van der Waals surface area contributed by atoms with E-state index in [2.05, 4.69) is 18.2 Å². The molecule has 15 heavy (non-hydrogen) atoms. The van der Waals surface area contributed by atoms with E-state index >= 15 is 0 Å². The molecule has 1 aliphatic carbocycles. The minimum Gasteiger partial charge on any atom is -0.207 e. The van der Waals surface area contributed by atoms with Crippen molar-refractivity contribution in [3.05, 3.63) is 70.5 Å². The molecule has 0 amide bonds. The molecule has 0 fully saturated rings. The predicted octanol–water partition coefficient (Wildman–Crippen LogP) is 3.32. The Bertz CT molecular complexity index is 514. The molecular formula is C14H11F. The lowest BCUT2D eigenvalue weighted by Gasteiger charge is -2.19. The monoisotopic (exact) mass is 198 g/mol. The summed E-state index contributed by atoms with van der Waals surface area (Å²) in [7, 11) is 0. The van der Waals surface area contributed by atoms with Crippen LogP contribution in [0.1, 0.15) is 22.3 Å². The third-order valence-corrected chi connectivity index (χ3v) is 3.05. The van der Waals surface area contributed by atoms with Gasteiger partial charge in [-0.05, 0) is 47.2 Å². The second-order valence-electron chi connectivity index (χ2n) is 4.04. The Morgan fingerprint density at radius 1 is 0.733 bits per heavy atom. The molecular weight excluding hydrogens is 187 g/mol. The van der Waals surface area contributed by atoms with Crippen LogP contribution in [0.25, 0.3) is 0 Å². The highest BCUT2D eigenvalue weighted by atomic mass is 19.1. The SMILES string of the molecule is Fc1ccc2c(c1)Cc1ccccc1C2. The highest BCUT2D eigenvalue weighted by Crippen LogP contribution is 2.27. The first-order chi connectivity index (χ1) is 7.33. The Morgan fingerprint density at radius 2 is 1.33 bits per heavy atom. The summed E-state index contributed by atoms with van der Waals surface area (Å²) in [6.07, 6.45) is 1.80. The van der Waals surface area contributed by atoms with Gasteiger partial charge in [0.05, 0.1) is 0 Å². The molecule has 1 heteroatoms. The topological polar surface area (TPSA) is 0 Å². The highest BCUT2D eigenvalue weighted by molar-refractivity contribution is 5.44. The molecule has 0 nitrogen and oxygen atoms in total. The van der Waals surface area contributed by atoms with Gasteiger partial charge in [0.15, 0.2) is 0 Å². The molecule has 0 aromatic heterocycles. The molecule has 1 aliphatic rings. The lowest BCUT2D eigenvalue weighted by Crippen LogP contribution is -2.07. The van der Waals surface area contributed by atoms with Crippen molar-refractivity contribution in [2.45, 2.75) is 12.8 Å². The van der Waals surface area contributed by atoms with Crippen molar-refractivity contribution in [1.82, 2.24) is 0 Å². The van der Waals surface area contributed by atoms with Crippen molar-refractivity contribution < 1.29 is 4.39 Å². The number of hydrogen-bond acceptors (Lipinski definition) is 0. The van der Waals surface area contributed by atoms with Crippen LogP contribution in [0.4, 0.5) is 4.39 Å². The molecule has 0 saturated carbocycles. The summed E-state index contributed by atoms with van der Waals surface area (Å²) in [5.41, 5.74) is 5.09. The molecule has 0 aliphatic heterocycles. The number of hydrogen-bond donors (Lipinski definition) is 0. The molecule has 2 aromatic rings. The maximum atomic E-state index is 13.1. The van der Waals surface area contributed by atoms with E-state index in [1.807, 2.05) is 12.1 Å². The highest BCUT2D eigenvalue weighted by Gasteiger charge is 2.14. The molecule has 0 atom stereocenters. The number of fused-ring (bicyclic) bond motifs is 2. The quantitative estimate of drug-likeness (QED) is 0.520. The molecule has 0 unspecified atom stereocenters. The molecule has 0 heterocycles. The van der Waals surface area contributed by atoms with Crippen molar-refractivity contribution in [2.75, 3.05) is 0 Å². The van der Waals surface area contributed by atoms with Crippen LogP contribution in [-0.2, 0) is 12.8 Å². The van der Waals surface area contributed by atoms with Crippen LogP contribution in [0.15, 0.2) is 42.5 Å². The first-order valence-corrected chi connectivity index (χ1v) is 5.17. The van der Waals surface area contributed by atoms with Crippen molar-refractivity contribution in [1.29, 1.82) is 0 Å². The summed E-state index contributed by atoms with van der Waals surface area (Å²) in [5.74, 6) is -0.131. The van der Waals surface area contributed by atoms with Gasteiger partial charge in [0.1, 0.15) is 5.82 Å². The van der Waals surface area contributed by atoms with Crippen molar-refractivity contribution in [3.63, 3.8) is 0 Å². The van der Waals surface area contributed by atoms with Gasteiger partial charge in [-0.2, -0.15) is 0 Å². The second-order valence-corrected chi connectivity index (χ2v) is 4.04. The van der Waals surface area contributed by atoms with Crippen LogP contribution in [0.3, 0.4) is 0 Å². The van der Waals surface area contributed by atoms with Gasteiger partial charge in [0.25, 0.3) is 0 Å². The lowest BCUT2D eigenvalue weighted by molar-refractivity contribution is 0.624. The lowest BCUT2D eigenvalue weighted by atomic mass is 9.86. The number of rotatable bonds is 0. The molecule has 2 aromatic carbocycles. The molecule has 3 rings (SSSR count). The summed E-state index contributed by atoms with van der Waals surface area (Å²) in [4.78, 5) is 0. The first kappa shape index (κ1) is 8.66. The van der Waals surface area contributed by atoms with Crippen molar-refractivity contribution in [3.8, 4) is 0 Å². The van der Waals surface area contributed by atoms with E-state index in [9.17, 15) is 4.39 Å². The minimum atomic E-state index is -0.131. The second kappa shape index (κ2) is 3.20. The van der Waals surface area contributed by atoms with E-state index in [4.69, 9.17) is 0 Å². The predicted molar refractivity (Wildman–Crippen MR) is 58.5 cm³/mol. The Kier molecular flexibility index (Phi) is 1.84. The third-order valence-electron chi connectivity index (χ3n) is 3.05. The van der Waals surface area contributed by atoms with E-state index in [0.29, 0.717) is 0 Å². The van der Waals surface area contributed by atoms with Crippen molar-refractivity contribution in [2.24, 2.45) is 0 Å². The fourth-order valence-electron chi connectivity index (χ4n) is 2.24. The first-order valence-electron chi connectivity index (χ1n) is 5.17. The Labute approximate surface area is 88.4 Å². The average molecular weight is 198 g/mol. The molecule has 0 spiro atoms. The Hall–Kier alpha value is -1.63. The van der Waals surface area contributed by atoms with Crippen molar-refractivity contribution >= 4 is 0 Å². The summed E-state index contributed by atoms with van der Waals surface area (Å²) < 4.78 is 13.1. The zero-order chi connectivity index (χ0) is 10.3. The molecule has 0 bridgehead atoms. The fourth-order valence-corrected chi connectivity index (χ4v) is 2.24. The van der Waals surface area contributed by atoms with E-state index in [-0.39, 0.29) is 5.82 Å². The number of halogens is 1. The van der Waals surface area contributed by atoms with Gasteiger partial charge < -0.3 is 0 Å². The summed E-state index contributed by atoms with van der Waals surface area (Å²) in [5, 5.41) is 0. The Balaban J connectivity index is 2.11. The standard InChI is InChI=1S/C14H11F/c15-14-6-5-12-7-10-3-1-2-4-11(10)8-13(12)9-14/h1-6,9H,7-8H2. The van der Waals surface area contributed by atoms with Gasteiger partial charge in [-0.25, -0.2) is 4.39 Å². The molecule has 0 saturated heterocycles. The largest absolute Gasteiger partial charge is 0.207 e. The summed E-state index contributed by atoms with van der Waals surface area (Å²) in [6, 6.07) is 13.5. The maximum Gasteiger partial charge on any atom is 0.123 e. The third kappa shape index (κ3) is 1.44. The van der Waals surface area contributed by atoms with E-state index in [1.54, 1.807) is 12.1 Å².